The summed E-state index contributed by atoms with van der Waals surface area (Å²) in [5, 5.41) is 16.4. The molecule has 1 fully saturated rings. The first-order chi connectivity index (χ1) is 11.9. The Bertz CT molecular complexity index is 612. The number of halogens is 3. The lowest BCUT2D eigenvalue weighted by Gasteiger charge is -2.39. The van der Waals surface area contributed by atoms with Gasteiger partial charge in [0.2, 0.25) is 0 Å². The molecule has 1 saturated heterocycles. The Labute approximate surface area is 150 Å². The number of piperidine rings is 1. The summed E-state index contributed by atoms with van der Waals surface area (Å²) < 4.78 is 32.5. The minimum atomic E-state index is -1.51. The minimum Gasteiger partial charge on any atom is -0.453 e. The molecule has 1 aromatic rings. The number of amides is 1. The quantitative estimate of drug-likeness (QED) is 0.527. The number of benzene rings is 1. The second-order valence-electron chi connectivity index (χ2n) is 6.21. The smallest absolute Gasteiger partial charge is 0.406 e. The van der Waals surface area contributed by atoms with Crippen LogP contribution < -0.4 is 10.6 Å². The van der Waals surface area contributed by atoms with Gasteiger partial charge in [-0.25, -0.2) is 13.6 Å². The van der Waals surface area contributed by atoms with E-state index in [1.807, 2.05) is 0 Å². The standard InChI is InChI=1S/C17H23ClF2N2O3/c1-25-16(23)22-9-3-7-17(24,11-4-2-8-21-10-11)12-5-6-13(19)14(18)15(12)20/h5-6,11,21,24H,2-4,7-10H2,1H3,(H,22,23)/t11-,17+/m1/s1. The van der Waals surface area contributed by atoms with Gasteiger partial charge in [0.1, 0.15) is 10.8 Å². The number of carbonyl (C=O) groups is 1. The van der Waals surface area contributed by atoms with E-state index in [1.54, 1.807) is 0 Å². The molecule has 25 heavy (non-hydrogen) atoms. The lowest BCUT2D eigenvalue weighted by molar-refractivity contribution is -0.0448. The molecular formula is C17H23ClF2N2O3. The first kappa shape index (κ1) is 19.9. The van der Waals surface area contributed by atoms with Crippen molar-refractivity contribution >= 4 is 17.7 Å². The van der Waals surface area contributed by atoms with Gasteiger partial charge in [-0.3, -0.25) is 0 Å². The molecular weight excluding hydrogens is 354 g/mol. The SMILES string of the molecule is COC(=O)NCCC[C@@](O)(c1ccc(F)c(Cl)c1F)[C@@H]1CCCNC1. The van der Waals surface area contributed by atoms with Gasteiger partial charge in [0.25, 0.3) is 0 Å². The van der Waals surface area contributed by atoms with Gasteiger partial charge in [0.05, 0.1) is 12.7 Å². The topological polar surface area (TPSA) is 70.6 Å². The van der Waals surface area contributed by atoms with E-state index in [9.17, 15) is 18.7 Å². The highest BCUT2D eigenvalue weighted by atomic mass is 35.5. The van der Waals surface area contributed by atoms with Crippen LogP contribution >= 0.6 is 11.6 Å². The normalized spacial score (nSPS) is 20.0. The van der Waals surface area contributed by atoms with Crippen molar-refractivity contribution in [2.45, 2.75) is 31.3 Å². The van der Waals surface area contributed by atoms with Crippen molar-refractivity contribution in [1.29, 1.82) is 0 Å². The number of hydrogen-bond acceptors (Lipinski definition) is 4. The van der Waals surface area contributed by atoms with E-state index in [1.165, 1.54) is 13.2 Å². The largest absolute Gasteiger partial charge is 0.453 e. The van der Waals surface area contributed by atoms with Crippen molar-refractivity contribution in [1.82, 2.24) is 10.6 Å². The molecule has 8 heteroatoms. The third-order valence-corrected chi connectivity index (χ3v) is 5.01. The van der Waals surface area contributed by atoms with Crippen LogP contribution in [0.25, 0.3) is 0 Å². The average Bonchev–Trinajstić information content (AvgIpc) is 2.63. The van der Waals surface area contributed by atoms with Gasteiger partial charge in [0, 0.05) is 24.6 Å². The molecule has 140 valence electrons. The van der Waals surface area contributed by atoms with E-state index in [4.69, 9.17) is 11.6 Å². The molecule has 3 N–H and O–H groups in total. The maximum Gasteiger partial charge on any atom is 0.406 e. The van der Waals surface area contributed by atoms with Gasteiger partial charge in [0.15, 0.2) is 5.82 Å². The van der Waals surface area contributed by atoms with Crippen LogP contribution in [-0.2, 0) is 10.3 Å². The molecule has 0 aliphatic carbocycles. The fourth-order valence-electron chi connectivity index (χ4n) is 3.30. The molecule has 1 amide bonds. The van der Waals surface area contributed by atoms with Crippen molar-refractivity contribution in [3.05, 3.63) is 34.4 Å². The van der Waals surface area contributed by atoms with Crippen molar-refractivity contribution in [2.24, 2.45) is 5.92 Å². The molecule has 0 aromatic heterocycles. The first-order valence-corrected chi connectivity index (χ1v) is 8.67. The highest BCUT2D eigenvalue weighted by Gasteiger charge is 2.41. The zero-order chi connectivity index (χ0) is 18.4. The second kappa shape index (κ2) is 8.78. The Morgan fingerprint density at radius 1 is 1.52 bits per heavy atom. The van der Waals surface area contributed by atoms with Crippen LogP contribution in [0.15, 0.2) is 12.1 Å². The first-order valence-electron chi connectivity index (χ1n) is 8.29. The van der Waals surface area contributed by atoms with E-state index < -0.39 is 28.4 Å². The average molecular weight is 377 g/mol. The molecule has 2 atom stereocenters. The zero-order valence-corrected chi connectivity index (χ0v) is 14.8. The maximum absolute atomic E-state index is 14.6. The summed E-state index contributed by atoms with van der Waals surface area (Å²) in [6.07, 6.45) is 1.59. The monoisotopic (exact) mass is 376 g/mol. The third kappa shape index (κ3) is 4.59. The van der Waals surface area contributed by atoms with Crippen LogP contribution in [0.5, 0.6) is 0 Å². The molecule has 1 aliphatic heterocycles. The van der Waals surface area contributed by atoms with Crippen LogP contribution in [-0.4, -0.2) is 37.9 Å². The lowest BCUT2D eigenvalue weighted by atomic mass is 9.74. The second-order valence-corrected chi connectivity index (χ2v) is 6.59. The van der Waals surface area contributed by atoms with Crippen LogP contribution in [0.3, 0.4) is 0 Å². The maximum atomic E-state index is 14.6. The van der Waals surface area contributed by atoms with Crippen LogP contribution in [0.4, 0.5) is 13.6 Å². The molecule has 1 aromatic carbocycles. The third-order valence-electron chi connectivity index (χ3n) is 4.66. The van der Waals surface area contributed by atoms with Gasteiger partial charge in [-0.1, -0.05) is 17.7 Å². The van der Waals surface area contributed by atoms with Gasteiger partial charge < -0.3 is 20.5 Å². The fourth-order valence-corrected chi connectivity index (χ4v) is 3.46. The number of ether oxygens (including phenoxy) is 1. The van der Waals surface area contributed by atoms with E-state index in [2.05, 4.69) is 15.4 Å². The summed E-state index contributed by atoms with van der Waals surface area (Å²) in [6.45, 7) is 1.63. The summed E-state index contributed by atoms with van der Waals surface area (Å²) in [5.41, 5.74) is -1.52. The minimum absolute atomic E-state index is 0.00864. The van der Waals surface area contributed by atoms with Crippen molar-refractivity contribution < 1.29 is 23.4 Å². The number of carbonyl (C=O) groups excluding carboxylic acids is 1. The Hall–Kier alpha value is -1.44. The highest BCUT2D eigenvalue weighted by Crippen LogP contribution is 2.40. The number of alkyl carbamates (subject to hydrolysis) is 1. The number of nitrogens with one attached hydrogen (secondary N) is 2. The predicted molar refractivity (Wildman–Crippen MR) is 90.5 cm³/mol. The van der Waals surface area contributed by atoms with Crippen molar-refractivity contribution in [2.75, 3.05) is 26.7 Å². The molecule has 1 heterocycles. The van der Waals surface area contributed by atoms with E-state index in [0.717, 1.165) is 19.0 Å². The molecule has 2 rings (SSSR count). The molecule has 0 radical (unpaired) electrons. The lowest BCUT2D eigenvalue weighted by Crippen LogP contribution is -2.45. The van der Waals surface area contributed by atoms with Crippen molar-refractivity contribution in [3.8, 4) is 0 Å². The summed E-state index contributed by atoms with van der Waals surface area (Å²) in [7, 11) is 1.26. The molecule has 5 nitrogen and oxygen atoms in total. The molecule has 0 spiro atoms. The Morgan fingerprint density at radius 3 is 2.92 bits per heavy atom. The molecule has 0 unspecified atom stereocenters. The highest BCUT2D eigenvalue weighted by molar-refractivity contribution is 6.31. The predicted octanol–water partition coefficient (Wildman–Crippen LogP) is 2.94. The van der Waals surface area contributed by atoms with Gasteiger partial charge >= 0.3 is 6.09 Å². The van der Waals surface area contributed by atoms with Crippen LogP contribution in [0, 0.1) is 17.6 Å². The Morgan fingerprint density at radius 2 is 2.28 bits per heavy atom. The van der Waals surface area contributed by atoms with E-state index in [0.29, 0.717) is 19.4 Å². The molecule has 0 saturated carbocycles. The van der Waals surface area contributed by atoms with Gasteiger partial charge in [-0.15, -0.1) is 0 Å². The molecule has 1 aliphatic rings. The number of hydrogen-bond donors (Lipinski definition) is 3. The fraction of sp³-hybridized carbons (Fsp3) is 0.588. The van der Waals surface area contributed by atoms with Crippen LogP contribution in [0.1, 0.15) is 31.2 Å². The number of rotatable bonds is 6. The van der Waals surface area contributed by atoms with Crippen LogP contribution in [0.2, 0.25) is 5.02 Å². The van der Waals surface area contributed by atoms with Gasteiger partial charge in [-0.2, -0.15) is 0 Å². The zero-order valence-electron chi connectivity index (χ0n) is 14.1. The van der Waals surface area contributed by atoms with Gasteiger partial charge in [-0.05, 0) is 38.3 Å². The summed E-state index contributed by atoms with van der Waals surface area (Å²) >= 11 is 5.70. The number of aliphatic hydroxyl groups is 1. The summed E-state index contributed by atoms with van der Waals surface area (Å²) in [6, 6.07) is 2.31. The molecule has 0 bridgehead atoms. The number of methoxy groups -OCH3 is 1. The Balaban J connectivity index is 2.23. The summed E-state index contributed by atoms with van der Waals surface area (Å²) in [5.74, 6) is -2.04. The van der Waals surface area contributed by atoms with E-state index in [-0.39, 0.29) is 24.4 Å². The summed E-state index contributed by atoms with van der Waals surface area (Å²) in [4.78, 5) is 11.1. The van der Waals surface area contributed by atoms with E-state index >= 15 is 0 Å². The van der Waals surface area contributed by atoms with Crippen molar-refractivity contribution in [3.63, 3.8) is 0 Å². The Kier molecular flexibility index (Phi) is 6.98.